The largest absolute Gasteiger partial charge is 0.497 e. The standard InChI is InChI=1S/C15H25NO/c1-17-15-11-8-10-14(13-15)9-6-4-2-3-5-7-12-16/h8,10-11,13H,2-7,9,12,16H2,1H3. The van der Waals surface area contributed by atoms with Crippen LogP contribution < -0.4 is 10.5 Å². The molecule has 1 aromatic rings. The van der Waals surface area contributed by atoms with Crippen LogP contribution in [-0.4, -0.2) is 13.7 Å². The van der Waals surface area contributed by atoms with Crippen LogP contribution in [0.15, 0.2) is 24.3 Å². The fourth-order valence-electron chi connectivity index (χ4n) is 2.01. The van der Waals surface area contributed by atoms with Crippen LogP contribution in [0.4, 0.5) is 0 Å². The lowest BCUT2D eigenvalue weighted by atomic mass is 10.0. The molecule has 0 aliphatic rings. The van der Waals surface area contributed by atoms with Gasteiger partial charge in [0.05, 0.1) is 7.11 Å². The van der Waals surface area contributed by atoms with E-state index in [9.17, 15) is 0 Å². The maximum absolute atomic E-state index is 5.46. The van der Waals surface area contributed by atoms with E-state index in [-0.39, 0.29) is 0 Å². The van der Waals surface area contributed by atoms with Crippen LogP contribution in [0.1, 0.15) is 44.1 Å². The van der Waals surface area contributed by atoms with Gasteiger partial charge in [-0.15, -0.1) is 0 Å². The lowest BCUT2D eigenvalue weighted by Crippen LogP contribution is -1.97. The summed E-state index contributed by atoms with van der Waals surface area (Å²) in [5.41, 5.74) is 6.84. The normalized spacial score (nSPS) is 10.5. The van der Waals surface area contributed by atoms with Crippen LogP contribution in [0, 0.1) is 0 Å². The molecular formula is C15H25NO. The summed E-state index contributed by atoms with van der Waals surface area (Å²) < 4.78 is 5.21. The number of methoxy groups -OCH3 is 1. The Morgan fingerprint density at radius 1 is 1.00 bits per heavy atom. The van der Waals surface area contributed by atoms with Gasteiger partial charge in [0.2, 0.25) is 0 Å². The van der Waals surface area contributed by atoms with E-state index in [1.807, 2.05) is 6.07 Å². The van der Waals surface area contributed by atoms with Crippen molar-refractivity contribution in [1.29, 1.82) is 0 Å². The Bertz CT molecular complexity index is 299. The zero-order valence-corrected chi connectivity index (χ0v) is 11.0. The van der Waals surface area contributed by atoms with Crippen LogP contribution in [0.2, 0.25) is 0 Å². The molecule has 0 bridgehead atoms. The second kappa shape index (κ2) is 9.06. The molecule has 2 N–H and O–H groups in total. The fourth-order valence-corrected chi connectivity index (χ4v) is 2.01. The van der Waals surface area contributed by atoms with Crippen molar-refractivity contribution >= 4 is 0 Å². The molecule has 0 saturated heterocycles. The minimum absolute atomic E-state index is 0.837. The summed E-state index contributed by atoms with van der Waals surface area (Å²) in [4.78, 5) is 0. The number of ether oxygens (including phenoxy) is 1. The molecule has 0 aliphatic heterocycles. The van der Waals surface area contributed by atoms with Gasteiger partial charge >= 0.3 is 0 Å². The molecule has 0 unspecified atom stereocenters. The van der Waals surface area contributed by atoms with Crippen molar-refractivity contribution in [3.05, 3.63) is 29.8 Å². The van der Waals surface area contributed by atoms with Crippen molar-refractivity contribution in [3.63, 3.8) is 0 Å². The molecule has 0 spiro atoms. The molecule has 0 aromatic heterocycles. The van der Waals surface area contributed by atoms with Crippen LogP contribution in [0.25, 0.3) is 0 Å². The Labute approximate surface area is 105 Å². The van der Waals surface area contributed by atoms with Gasteiger partial charge in [-0.25, -0.2) is 0 Å². The van der Waals surface area contributed by atoms with E-state index in [1.165, 1.54) is 44.1 Å². The minimum atomic E-state index is 0.837. The molecular weight excluding hydrogens is 210 g/mol. The Hall–Kier alpha value is -1.02. The summed E-state index contributed by atoms with van der Waals surface area (Å²) in [5, 5.41) is 0. The SMILES string of the molecule is COc1cccc(CCCCCCCCN)c1. The monoisotopic (exact) mass is 235 g/mol. The van der Waals surface area contributed by atoms with Gasteiger partial charge in [-0.2, -0.15) is 0 Å². The Kier molecular flexibility index (Phi) is 7.48. The summed E-state index contributed by atoms with van der Waals surface area (Å²) >= 11 is 0. The first-order chi connectivity index (χ1) is 8.36. The average Bonchev–Trinajstić information content (AvgIpc) is 2.38. The maximum Gasteiger partial charge on any atom is 0.119 e. The fraction of sp³-hybridized carbons (Fsp3) is 0.600. The summed E-state index contributed by atoms with van der Waals surface area (Å²) in [6.07, 6.45) is 8.89. The third kappa shape index (κ3) is 6.32. The third-order valence-electron chi connectivity index (χ3n) is 3.05. The highest BCUT2D eigenvalue weighted by molar-refractivity contribution is 5.28. The molecule has 0 atom stereocenters. The van der Waals surface area contributed by atoms with E-state index in [4.69, 9.17) is 10.5 Å². The number of hydrogen-bond acceptors (Lipinski definition) is 2. The van der Waals surface area contributed by atoms with Gasteiger partial charge in [0.1, 0.15) is 5.75 Å². The highest BCUT2D eigenvalue weighted by Crippen LogP contribution is 2.15. The van der Waals surface area contributed by atoms with E-state index < -0.39 is 0 Å². The van der Waals surface area contributed by atoms with Crippen molar-refractivity contribution in [2.24, 2.45) is 5.73 Å². The van der Waals surface area contributed by atoms with Gasteiger partial charge in [-0.1, -0.05) is 37.8 Å². The van der Waals surface area contributed by atoms with Gasteiger partial charge in [0, 0.05) is 0 Å². The van der Waals surface area contributed by atoms with Crippen LogP contribution in [-0.2, 0) is 6.42 Å². The molecule has 0 amide bonds. The predicted molar refractivity (Wildman–Crippen MR) is 73.5 cm³/mol. The first-order valence-electron chi connectivity index (χ1n) is 6.70. The molecule has 96 valence electrons. The van der Waals surface area contributed by atoms with Crippen molar-refractivity contribution in [3.8, 4) is 5.75 Å². The molecule has 0 heterocycles. The smallest absolute Gasteiger partial charge is 0.119 e. The van der Waals surface area contributed by atoms with E-state index in [1.54, 1.807) is 7.11 Å². The van der Waals surface area contributed by atoms with E-state index >= 15 is 0 Å². The number of nitrogens with two attached hydrogens (primary N) is 1. The van der Waals surface area contributed by atoms with Crippen molar-refractivity contribution in [2.75, 3.05) is 13.7 Å². The first-order valence-corrected chi connectivity index (χ1v) is 6.70. The van der Waals surface area contributed by atoms with Crippen LogP contribution in [0.3, 0.4) is 0 Å². The number of benzene rings is 1. The van der Waals surface area contributed by atoms with Crippen molar-refractivity contribution in [1.82, 2.24) is 0 Å². The van der Waals surface area contributed by atoms with Gasteiger partial charge in [0.25, 0.3) is 0 Å². The average molecular weight is 235 g/mol. The minimum Gasteiger partial charge on any atom is -0.497 e. The molecule has 1 aromatic carbocycles. The number of rotatable bonds is 9. The molecule has 1 rings (SSSR count). The van der Waals surface area contributed by atoms with Gasteiger partial charge in [-0.3, -0.25) is 0 Å². The zero-order valence-electron chi connectivity index (χ0n) is 11.0. The highest BCUT2D eigenvalue weighted by atomic mass is 16.5. The highest BCUT2D eigenvalue weighted by Gasteiger charge is 1.96. The molecule has 2 nitrogen and oxygen atoms in total. The Balaban J connectivity index is 2.09. The number of hydrogen-bond donors (Lipinski definition) is 1. The molecule has 0 fully saturated rings. The quantitative estimate of drug-likeness (QED) is 0.664. The Morgan fingerprint density at radius 2 is 1.71 bits per heavy atom. The predicted octanol–water partition coefficient (Wildman–Crippen LogP) is 3.54. The topological polar surface area (TPSA) is 35.2 Å². The third-order valence-corrected chi connectivity index (χ3v) is 3.05. The lowest BCUT2D eigenvalue weighted by Gasteiger charge is -2.04. The van der Waals surface area contributed by atoms with E-state index in [2.05, 4.69) is 18.2 Å². The maximum atomic E-state index is 5.46. The summed E-state index contributed by atoms with van der Waals surface area (Å²) in [6.45, 7) is 0.837. The van der Waals surface area contributed by atoms with Crippen molar-refractivity contribution < 1.29 is 4.74 Å². The Morgan fingerprint density at radius 3 is 2.41 bits per heavy atom. The van der Waals surface area contributed by atoms with Gasteiger partial charge < -0.3 is 10.5 Å². The number of aryl methyl sites for hydroxylation is 1. The van der Waals surface area contributed by atoms with Crippen LogP contribution in [0.5, 0.6) is 5.75 Å². The van der Waals surface area contributed by atoms with Gasteiger partial charge in [-0.05, 0) is 43.5 Å². The number of unbranched alkanes of at least 4 members (excludes halogenated alkanes) is 5. The van der Waals surface area contributed by atoms with Gasteiger partial charge in [0.15, 0.2) is 0 Å². The second-order valence-corrected chi connectivity index (χ2v) is 4.51. The second-order valence-electron chi connectivity index (χ2n) is 4.51. The molecule has 2 heteroatoms. The molecule has 0 radical (unpaired) electrons. The lowest BCUT2D eigenvalue weighted by molar-refractivity contribution is 0.414. The molecule has 17 heavy (non-hydrogen) atoms. The van der Waals surface area contributed by atoms with Crippen molar-refractivity contribution in [2.45, 2.75) is 44.9 Å². The van der Waals surface area contributed by atoms with Crippen LogP contribution >= 0.6 is 0 Å². The summed E-state index contributed by atoms with van der Waals surface area (Å²) in [6, 6.07) is 8.37. The van der Waals surface area contributed by atoms with E-state index in [0.717, 1.165) is 18.7 Å². The summed E-state index contributed by atoms with van der Waals surface area (Å²) in [7, 11) is 1.72. The first kappa shape index (κ1) is 14.0. The zero-order chi connectivity index (χ0) is 12.3. The molecule has 0 aliphatic carbocycles. The van der Waals surface area contributed by atoms with E-state index in [0.29, 0.717) is 0 Å². The molecule has 0 saturated carbocycles. The summed E-state index contributed by atoms with van der Waals surface area (Å²) in [5.74, 6) is 0.963.